The lowest BCUT2D eigenvalue weighted by Gasteiger charge is -2.20. The van der Waals surface area contributed by atoms with Crippen LogP contribution in [0.3, 0.4) is 0 Å². The second-order valence-electron chi connectivity index (χ2n) is 4.92. The van der Waals surface area contributed by atoms with E-state index in [9.17, 15) is 9.90 Å². The van der Waals surface area contributed by atoms with Gasteiger partial charge in [-0.15, -0.1) is 0 Å². The van der Waals surface area contributed by atoms with E-state index >= 15 is 0 Å². The normalized spacial score (nSPS) is 12.6. The molecule has 1 unspecified atom stereocenters. The molecule has 1 aromatic rings. The van der Waals surface area contributed by atoms with E-state index in [-0.39, 0.29) is 12.2 Å². The summed E-state index contributed by atoms with van der Waals surface area (Å²) in [6.07, 6.45) is -0.565. The number of ether oxygens (including phenoxy) is 2. The van der Waals surface area contributed by atoms with Gasteiger partial charge >= 0.3 is 5.97 Å². The highest BCUT2D eigenvalue weighted by molar-refractivity contribution is 5.87. The van der Waals surface area contributed by atoms with E-state index in [4.69, 9.17) is 14.6 Å². The largest absolute Gasteiger partial charge is 0.478 e. The van der Waals surface area contributed by atoms with Gasteiger partial charge in [0.05, 0.1) is 31.5 Å². The van der Waals surface area contributed by atoms with E-state index in [1.807, 2.05) is 11.9 Å². The van der Waals surface area contributed by atoms with Crippen LogP contribution in [-0.4, -0.2) is 67.7 Å². The quantitative estimate of drug-likeness (QED) is 0.623. The van der Waals surface area contributed by atoms with Crippen molar-refractivity contribution in [3.8, 4) is 0 Å². The minimum absolute atomic E-state index is 0.269. The van der Waals surface area contributed by atoms with Crippen molar-refractivity contribution in [2.24, 2.45) is 0 Å². The molecule has 2 N–H and O–H groups in total. The third-order valence-corrected chi connectivity index (χ3v) is 2.92. The SMILES string of the molecule is COCCOCC(O)CN(C)Cc1ccc(C(=O)O)cc1. The number of aliphatic hydroxyl groups is 1. The molecule has 0 saturated heterocycles. The summed E-state index contributed by atoms with van der Waals surface area (Å²) in [4.78, 5) is 12.7. The lowest BCUT2D eigenvalue weighted by Crippen LogP contribution is -2.32. The molecule has 0 aliphatic heterocycles. The number of hydrogen-bond acceptors (Lipinski definition) is 5. The van der Waals surface area contributed by atoms with E-state index in [1.54, 1.807) is 31.4 Å². The van der Waals surface area contributed by atoms with Gasteiger partial charge in [-0.3, -0.25) is 4.90 Å². The highest BCUT2D eigenvalue weighted by atomic mass is 16.5. The predicted octanol–water partition coefficient (Wildman–Crippen LogP) is 0.841. The number of nitrogens with zero attached hydrogens (tertiary/aromatic N) is 1. The number of carboxylic acid groups (broad SMARTS) is 1. The van der Waals surface area contributed by atoms with Crippen molar-refractivity contribution in [1.29, 1.82) is 0 Å². The molecular formula is C15H23NO5. The maximum atomic E-state index is 10.8. The predicted molar refractivity (Wildman–Crippen MR) is 78.4 cm³/mol. The zero-order chi connectivity index (χ0) is 15.7. The Bertz CT molecular complexity index is 421. The topological polar surface area (TPSA) is 79.2 Å². The number of likely N-dealkylation sites (N-methyl/N-ethyl adjacent to an activating group) is 1. The maximum Gasteiger partial charge on any atom is 0.335 e. The molecule has 1 aromatic carbocycles. The van der Waals surface area contributed by atoms with Gasteiger partial charge in [0, 0.05) is 20.2 Å². The third-order valence-electron chi connectivity index (χ3n) is 2.92. The molecule has 0 amide bonds. The van der Waals surface area contributed by atoms with Gasteiger partial charge in [-0.1, -0.05) is 12.1 Å². The van der Waals surface area contributed by atoms with E-state index in [0.29, 0.717) is 26.3 Å². The van der Waals surface area contributed by atoms with Crippen molar-refractivity contribution < 1.29 is 24.5 Å². The van der Waals surface area contributed by atoms with E-state index in [1.165, 1.54) is 0 Å². The summed E-state index contributed by atoms with van der Waals surface area (Å²) < 4.78 is 10.1. The van der Waals surface area contributed by atoms with Gasteiger partial charge in [0.2, 0.25) is 0 Å². The summed E-state index contributed by atoms with van der Waals surface area (Å²) >= 11 is 0. The number of aromatic carboxylic acids is 1. The molecule has 0 heterocycles. The monoisotopic (exact) mass is 297 g/mol. The van der Waals surface area contributed by atoms with Crippen molar-refractivity contribution in [3.63, 3.8) is 0 Å². The zero-order valence-corrected chi connectivity index (χ0v) is 12.5. The van der Waals surface area contributed by atoms with Crippen LogP contribution >= 0.6 is 0 Å². The number of carboxylic acids is 1. The van der Waals surface area contributed by atoms with Crippen LogP contribution in [0.25, 0.3) is 0 Å². The Hall–Kier alpha value is -1.47. The van der Waals surface area contributed by atoms with Crippen molar-refractivity contribution in [3.05, 3.63) is 35.4 Å². The zero-order valence-electron chi connectivity index (χ0n) is 12.5. The lowest BCUT2D eigenvalue weighted by molar-refractivity contribution is 0.00161. The Kier molecular flexibility index (Phi) is 7.92. The number of methoxy groups -OCH3 is 1. The van der Waals surface area contributed by atoms with Crippen LogP contribution in [0.5, 0.6) is 0 Å². The lowest BCUT2D eigenvalue weighted by atomic mass is 10.1. The molecule has 118 valence electrons. The van der Waals surface area contributed by atoms with Crippen LogP contribution in [0.4, 0.5) is 0 Å². The summed E-state index contributed by atoms with van der Waals surface area (Å²) in [6, 6.07) is 6.72. The Labute approximate surface area is 124 Å². The minimum atomic E-state index is -0.932. The molecule has 1 rings (SSSR count). The summed E-state index contributed by atoms with van der Waals surface area (Å²) in [6.45, 7) is 2.36. The number of benzene rings is 1. The fourth-order valence-corrected chi connectivity index (χ4v) is 1.90. The highest BCUT2D eigenvalue weighted by Crippen LogP contribution is 2.07. The van der Waals surface area contributed by atoms with Gasteiger partial charge in [-0.2, -0.15) is 0 Å². The van der Waals surface area contributed by atoms with Crippen LogP contribution in [0.2, 0.25) is 0 Å². The standard InChI is InChI=1S/C15H23NO5/c1-16(10-14(17)11-21-8-7-20-2)9-12-3-5-13(6-4-12)15(18)19/h3-6,14,17H,7-11H2,1-2H3,(H,18,19). The fourth-order valence-electron chi connectivity index (χ4n) is 1.90. The van der Waals surface area contributed by atoms with E-state index < -0.39 is 12.1 Å². The Balaban J connectivity index is 2.32. The third kappa shape index (κ3) is 7.19. The maximum absolute atomic E-state index is 10.8. The molecule has 0 bridgehead atoms. The van der Waals surface area contributed by atoms with Gasteiger partial charge < -0.3 is 19.7 Å². The first-order valence-corrected chi connectivity index (χ1v) is 6.78. The average molecular weight is 297 g/mol. The molecule has 0 spiro atoms. The van der Waals surface area contributed by atoms with Crippen LogP contribution < -0.4 is 0 Å². The van der Waals surface area contributed by atoms with E-state index in [2.05, 4.69) is 0 Å². The number of rotatable bonds is 10. The minimum Gasteiger partial charge on any atom is -0.478 e. The summed E-state index contributed by atoms with van der Waals surface area (Å²) in [5, 5.41) is 18.7. The Morgan fingerprint density at radius 1 is 1.29 bits per heavy atom. The molecule has 21 heavy (non-hydrogen) atoms. The fraction of sp³-hybridized carbons (Fsp3) is 0.533. The first-order chi connectivity index (χ1) is 10.0. The molecule has 0 radical (unpaired) electrons. The number of carbonyl (C=O) groups is 1. The van der Waals surface area contributed by atoms with Crippen LogP contribution in [-0.2, 0) is 16.0 Å². The van der Waals surface area contributed by atoms with Crippen molar-refractivity contribution >= 4 is 5.97 Å². The van der Waals surface area contributed by atoms with Gasteiger partial charge in [-0.05, 0) is 24.7 Å². The molecular weight excluding hydrogens is 274 g/mol. The highest BCUT2D eigenvalue weighted by Gasteiger charge is 2.09. The van der Waals surface area contributed by atoms with Crippen molar-refractivity contribution in [2.75, 3.05) is 40.5 Å². The van der Waals surface area contributed by atoms with Crippen LogP contribution in [0.1, 0.15) is 15.9 Å². The van der Waals surface area contributed by atoms with E-state index in [0.717, 1.165) is 5.56 Å². The number of hydrogen-bond donors (Lipinski definition) is 2. The molecule has 0 aromatic heterocycles. The summed E-state index contributed by atoms with van der Waals surface area (Å²) in [5.41, 5.74) is 1.27. The van der Waals surface area contributed by atoms with Crippen LogP contribution in [0, 0.1) is 0 Å². The molecule has 1 atom stereocenters. The summed E-state index contributed by atoms with van der Waals surface area (Å²) in [7, 11) is 3.49. The molecule has 0 fully saturated rings. The smallest absolute Gasteiger partial charge is 0.335 e. The first kappa shape index (κ1) is 17.6. The first-order valence-electron chi connectivity index (χ1n) is 6.78. The second-order valence-corrected chi connectivity index (χ2v) is 4.92. The Morgan fingerprint density at radius 3 is 2.52 bits per heavy atom. The van der Waals surface area contributed by atoms with Crippen LogP contribution in [0.15, 0.2) is 24.3 Å². The molecule has 0 aliphatic rings. The molecule has 6 nitrogen and oxygen atoms in total. The molecule has 6 heteroatoms. The van der Waals surface area contributed by atoms with Crippen molar-refractivity contribution in [2.45, 2.75) is 12.6 Å². The summed E-state index contributed by atoms with van der Waals surface area (Å²) in [5.74, 6) is -0.932. The van der Waals surface area contributed by atoms with Crippen molar-refractivity contribution in [1.82, 2.24) is 4.90 Å². The molecule has 0 saturated carbocycles. The van der Waals surface area contributed by atoms with Gasteiger partial charge in [0.1, 0.15) is 0 Å². The number of aliphatic hydroxyl groups excluding tert-OH is 1. The van der Waals surface area contributed by atoms with Gasteiger partial charge in [0.25, 0.3) is 0 Å². The van der Waals surface area contributed by atoms with Gasteiger partial charge in [0.15, 0.2) is 0 Å². The van der Waals surface area contributed by atoms with Gasteiger partial charge in [-0.25, -0.2) is 4.79 Å². The second kappa shape index (κ2) is 9.46. The average Bonchev–Trinajstić information content (AvgIpc) is 2.44. The molecule has 0 aliphatic carbocycles. The Morgan fingerprint density at radius 2 is 1.95 bits per heavy atom.